The predicted molar refractivity (Wildman–Crippen MR) is 96.4 cm³/mol. The first-order chi connectivity index (χ1) is 12.1. The third-order valence-corrected chi connectivity index (χ3v) is 3.59. The fourth-order valence-corrected chi connectivity index (χ4v) is 2.41. The highest BCUT2D eigenvalue weighted by molar-refractivity contribution is 6.45. The third-order valence-electron chi connectivity index (χ3n) is 3.37. The second kappa shape index (κ2) is 8.94. The van der Waals surface area contributed by atoms with E-state index in [0.29, 0.717) is 22.1 Å². The molecular weight excluding hydrogens is 344 g/mol. The molecule has 132 valence electrons. The molecule has 0 unspecified atom stereocenters. The lowest BCUT2D eigenvalue weighted by molar-refractivity contribution is -0.114. The van der Waals surface area contributed by atoms with Gasteiger partial charge < -0.3 is 19.6 Å². The van der Waals surface area contributed by atoms with Gasteiger partial charge in [0.25, 0.3) is 5.91 Å². The largest absolute Gasteiger partial charge is 0.497 e. The van der Waals surface area contributed by atoms with Gasteiger partial charge >= 0.3 is 0 Å². The Morgan fingerprint density at radius 3 is 2.56 bits per heavy atom. The molecule has 0 aromatic heterocycles. The molecule has 2 aromatic carbocycles. The SMILES string of the molecule is CNC(=O)C(=NOC)c1ccccc1COc1cc(Cl)cc(OC)c1. The molecule has 2 aromatic rings. The summed E-state index contributed by atoms with van der Waals surface area (Å²) in [4.78, 5) is 16.9. The number of amides is 1. The number of nitrogens with zero attached hydrogens (tertiary/aromatic N) is 1. The van der Waals surface area contributed by atoms with Crippen LogP contribution in [0.1, 0.15) is 11.1 Å². The summed E-state index contributed by atoms with van der Waals surface area (Å²) in [6, 6.07) is 12.4. The maximum atomic E-state index is 12.1. The highest BCUT2D eigenvalue weighted by Gasteiger charge is 2.17. The van der Waals surface area contributed by atoms with Crippen LogP contribution in [0.2, 0.25) is 5.02 Å². The third kappa shape index (κ3) is 4.87. The fraction of sp³-hybridized carbons (Fsp3) is 0.222. The number of hydrogen-bond donors (Lipinski definition) is 1. The summed E-state index contributed by atoms with van der Waals surface area (Å²) in [5.41, 5.74) is 1.58. The number of oxime groups is 1. The van der Waals surface area contributed by atoms with E-state index in [1.54, 1.807) is 31.4 Å². The fourth-order valence-electron chi connectivity index (χ4n) is 2.20. The van der Waals surface area contributed by atoms with Crippen molar-refractivity contribution in [2.24, 2.45) is 5.16 Å². The van der Waals surface area contributed by atoms with Crippen LogP contribution in [-0.4, -0.2) is 32.9 Å². The number of ether oxygens (including phenoxy) is 2. The van der Waals surface area contributed by atoms with Gasteiger partial charge in [-0.3, -0.25) is 4.79 Å². The minimum Gasteiger partial charge on any atom is -0.497 e. The predicted octanol–water partition coefficient (Wildman–Crippen LogP) is 3.02. The molecule has 1 N–H and O–H groups in total. The number of nitrogens with one attached hydrogen (secondary N) is 1. The van der Waals surface area contributed by atoms with Gasteiger partial charge in [-0.05, 0) is 17.7 Å². The van der Waals surface area contributed by atoms with Crippen molar-refractivity contribution in [3.63, 3.8) is 0 Å². The van der Waals surface area contributed by atoms with E-state index < -0.39 is 0 Å². The molecule has 0 aliphatic rings. The van der Waals surface area contributed by atoms with Crippen LogP contribution in [0.4, 0.5) is 0 Å². The second-order valence-electron chi connectivity index (χ2n) is 4.97. The molecule has 0 saturated carbocycles. The highest BCUT2D eigenvalue weighted by atomic mass is 35.5. The van der Waals surface area contributed by atoms with E-state index in [0.717, 1.165) is 5.56 Å². The van der Waals surface area contributed by atoms with Gasteiger partial charge in [-0.1, -0.05) is 41.0 Å². The Morgan fingerprint density at radius 2 is 1.88 bits per heavy atom. The average molecular weight is 363 g/mol. The smallest absolute Gasteiger partial charge is 0.273 e. The average Bonchev–Trinajstić information content (AvgIpc) is 2.63. The first-order valence-electron chi connectivity index (χ1n) is 7.48. The van der Waals surface area contributed by atoms with Crippen molar-refractivity contribution in [3.05, 3.63) is 58.6 Å². The summed E-state index contributed by atoms with van der Waals surface area (Å²) in [6.07, 6.45) is 0. The molecule has 25 heavy (non-hydrogen) atoms. The molecule has 0 radical (unpaired) electrons. The van der Waals surface area contributed by atoms with Crippen LogP contribution in [0.15, 0.2) is 47.6 Å². The Morgan fingerprint density at radius 1 is 1.16 bits per heavy atom. The van der Waals surface area contributed by atoms with E-state index in [-0.39, 0.29) is 18.2 Å². The zero-order valence-corrected chi connectivity index (χ0v) is 15.0. The van der Waals surface area contributed by atoms with Crippen molar-refractivity contribution < 1.29 is 19.1 Å². The summed E-state index contributed by atoms with van der Waals surface area (Å²) in [5.74, 6) is 0.811. The normalized spacial score (nSPS) is 11.0. The topological polar surface area (TPSA) is 69.2 Å². The molecule has 0 fully saturated rings. The standard InChI is InChI=1S/C18H19ClN2O4/c1-20-18(22)17(21-24-3)16-7-5-4-6-12(16)11-25-15-9-13(19)8-14(10-15)23-2/h4-10H,11H2,1-3H3,(H,20,22). The van der Waals surface area contributed by atoms with Gasteiger partial charge in [0.2, 0.25) is 0 Å². The number of methoxy groups -OCH3 is 1. The van der Waals surface area contributed by atoms with Crippen molar-refractivity contribution >= 4 is 23.2 Å². The van der Waals surface area contributed by atoms with Crippen LogP contribution >= 0.6 is 11.6 Å². The van der Waals surface area contributed by atoms with E-state index in [2.05, 4.69) is 10.5 Å². The Kier molecular flexibility index (Phi) is 6.65. The van der Waals surface area contributed by atoms with Gasteiger partial charge in [-0.15, -0.1) is 0 Å². The monoisotopic (exact) mass is 362 g/mol. The lowest BCUT2D eigenvalue weighted by atomic mass is 10.0. The van der Waals surface area contributed by atoms with E-state index >= 15 is 0 Å². The molecule has 0 atom stereocenters. The number of likely N-dealkylation sites (N-methyl/N-ethyl adjacent to an activating group) is 1. The maximum absolute atomic E-state index is 12.1. The Balaban J connectivity index is 2.28. The zero-order chi connectivity index (χ0) is 18.2. The Bertz CT molecular complexity index is 777. The number of carbonyl (C=O) groups excluding carboxylic acids is 1. The van der Waals surface area contributed by atoms with Gasteiger partial charge in [0.15, 0.2) is 5.71 Å². The van der Waals surface area contributed by atoms with Crippen LogP contribution in [0.25, 0.3) is 0 Å². The molecule has 0 spiro atoms. The number of halogens is 1. The van der Waals surface area contributed by atoms with Crippen molar-refractivity contribution in [2.75, 3.05) is 21.3 Å². The van der Waals surface area contributed by atoms with Gasteiger partial charge in [0.1, 0.15) is 25.2 Å². The number of rotatable bonds is 7. The Hall–Kier alpha value is -2.73. The number of benzene rings is 2. The van der Waals surface area contributed by atoms with Crippen molar-refractivity contribution in [3.8, 4) is 11.5 Å². The number of hydrogen-bond acceptors (Lipinski definition) is 5. The molecule has 0 aliphatic heterocycles. The van der Waals surface area contributed by atoms with Gasteiger partial charge in [0.05, 0.1) is 7.11 Å². The summed E-state index contributed by atoms with van der Waals surface area (Å²) in [6.45, 7) is 0.222. The second-order valence-corrected chi connectivity index (χ2v) is 5.41. The van der Waals surface area contributed by atoms with E-state index in [1.165, 1.54) is 14.2 Å². The first-order valence-corrected chi connectivity index (χ1v) is 7.85. The highest BCUT2D eigenvalue weighted by Crippen LogP contribution is 2.26. The van der Waals surface area contributed by atoms with E-state index in [1.807, 2.05) is 18.2 Å². The van der Waals surface area contributed by atoms with Gasteiger partial charge in [-0.25, -0.2) is 0 Å². The zero-order valence-electron chi connectivity index (χ0n) is 14.2. The van der Waals surface area contributed by atoms with Crippen molar-refractivity contribution in [1.82, 2.24) is 5.32 Å². The van der Waals surface area contributed by atoms with Crippen molar-refractivity contribution in [1.29, 1.82) is 0 Å². The minimum absolute atomic E-state index is 0.174. The van der Waals surface area contributed by atoms with Gasteiger partial charge in [0, 0.05) is 23.7 Å². The minimum atomic E-state index is -0.348. The van der Waals surface area contributed by atoms with E-state index in [9.17, 15) is 4.79 Å². The van der Waals surface area contributed by atoms with E-state index in [4.69, 9.17) is 25.9 Å². The summed E-state index contributed by atoms with van der Waals surface area (Å²) in [5, 5.41) is 6.89. The quantitative estimate of drug-likeness (QED) is 0.607. The molecule has 0 saturated heterocycles. The molecule has 2 rings (SSSR count). The molecular formula is C18H19ClN2O4. The number of carbonyl (C=O) groups is 1. The van der Waals surface area contributed by atoms with Crippen LogP contribution in [0.5, 0.6) is 11.5 Å². The molecule has 0 heterocycles. The van der Waals surface area contributed by atoms with Crippen molar-refractivity contribution in [2.45, 2.75) is 6.61 Å². The van der Waals surface area contributed by atoms with Crippen LogP contribution in [0.3, 0.4) is 0 Å². The molecule has 1 amide bonds. The van der Waals surface area contributed by atoms with Crippen LogP contribution in [0, 0.1) is 0 Å². The maximum Gasteiger partial charge on any atom is 0.273 e. The molecule has 6 nitrogen and oxygen atoms in total. The summed E-state index contributed by atoms with van der Waals surface area (Å²) < 4.78 is 11.0. The first kappa shape index (κ1) is 18.6. The lowest BCUT2D eigenvalue weighted by Gasteiger charge is -2.13. The molecule has 0 bridgehead atoms. The molecule has 0 aliphatic carbocycles. The Labute approximate surface area is 151 Å². The summed E-state index contributed by atoms with van der Waals surface area (Å²) in [7, 11) is 4.48. The lowest BCUT2D eigenvalue weighted by Crippen LogP contribution is -2.29. The van der Waals surface area contributed by atoms with Gasteiger partial charge in [-0.2, -0.15) is 0 Å². The van der Waals surface area contributed by atoms with Crippen LogP contribution < -0.4 is 14.8 Å². The summed E-state index contributed by atoms with van der Waals surface area (Å²) >= 11 is 6.05. The molecule has 7 heteroatoms. The van der Waals surface area contributed by atoms with Crippen LogP contribution in [-0.2, 0) is 16.2 Å².